The van der Waals surface area contributed by atoms with Gasteiger partial charge in [-0.3, -0.25) is 0 Å². The number of likely N-dealkylation sites (N-methyl/N-ethyl adjacent to an activating group) is 1. The second-order valence-corrected chi connectivity index (χ2v) is 11.0. The molecule has 0 N–H and O–H groups in total. The van der Waals surface area contributed by atoms with Gasteiger partial charge in [-0.25, -0.2) is 14.2 Å². The van der Waals surface area contributed by atoms with Crippen LogP contribution in [0.4, 0.5) is 21.5 Å². The minimum atomic E-state index is -0.385. The first-order chi connectivity index (χ1) is 18.4. The summed E-state index contributed by atoms with van der Waals surface area (Å²) in [5.41, 5.74) is 2.93. The molecule has 0 aliphatic rings. The van der Waals surface area contributed by atoms with Crippen LogP contribution >= 0.6 is 22.7 Å². The first kappa shape index (κ1) is 27.6. The van der Waals surface area contributed by atoms with E-state index < -0.39 is 0 Å². The van der Waals surface area contributed by atoms with Crippen LogP contribution in [0.2, 0.25) is 0 Å². The number of thiazole rings is 1. The number of thiophene rings is 1. The predicted octanol–water partition coefficient (Wildman–Crippen LogP) is 8.87. The number of nitrogens with zero attached hydrogens (tertiary/aromatic N) is 4. The first-order valence-corrected chi connectivity index (χ1v) is 14.3. The number of carbonyl (C=O) groups is 1. The number of anilines is 1. The Balaban J connectivity index is 1.38. The zero-order chi connectivity index (χ0) is 27.1. The van der Waals surface area contributed by atoms with Crippen molar-refractivity contribution in [3.63, 3.8) is 0 Å². The third-order valence-electron chi connectivity index (χ3n) is 5.92. The van der Waals surface area contributed by atoms with Crippen molar-refractivity contribution in [1.82, 2.24) is 4.98 Å². The van der Waals surface area contributed by atoms with Crippen LogP contribution in [-0.2, 0) is 16.0 Å². The van der Waals surface area contributed by atoms with E-state index in [0.717, 1.165) is 34.6 Å². The Bertz CT molecular complexity index is 1410. The largest absolute Gasteiger partial charge is 0.460 e. The molecule has 38 heavy (non-hydrogen) atoms. The van der Waals surface area contributed by atoms with Gasteiger partial charge in [-0.15, -0.1) is 22.7 Å². The van der Waals surface area contributed by atoms with Crippen molar-refractivity contribution in [3.05, 3.63) is 71.4 Å². The number of unbranched alkanes of at least 4 members (excludes halogenated alkanes) is 1. The third-order valence-corrected chi connectivity index (χ3v) is 8.17. The Labute approximate surface area is 230 Å². The van der Waals surface area contributed by atoms with Crippen molar-refractivity contribution in [1.29, 1.82) is 0 Å². The molecule has 0 atom stereocenters. The van der Waals surface area contributed by atoms with E-state index in [-0.39, 0.29) is 18.4 Å². The highest BCUT2D eigenvalue weighted by Gasteiger charge is 2.14. The fourth-order valence-corrected chi connectivity index (χ4v) is 6.10. The van der Waals surface area contributed by atoms with Gasteiger partial charge in [-0.05, 0) is 69.2 Å². The molecule has 198 valence electrons. The van der Waals surface area contributed by atoms with E-state index in [1.807, 2.05) is 31.2 Å². The summed E-state index contributed by atoms with van der Waals surface area (Å²) in [6, 6.07) is 14.6. The molecule has 0 saturated carbocycles. The topological polar surface area (TPSA) is 67.2 Å². The molecule has 2 aromatic carbocycles. The lowest BCUT2D eigenvalue weighted by Crippen LogP contribution is -2.28. The normalized spacial score (nSPS) is 11.4. The van der Waals surface area contributed by atoms with E-state index in [4.69, 9.17) is 4.74 Å². The average Bonchev–Trinajstić information content (AvgIpc) is 3.48. The summed E-state index contributed by atoms with van der Waals surface area (Å²) in [6.07, 6.45) is 3.40. The molecule has 0 aliphatic heterocycles. The van der Waals surface area contributed by atoms with Crippen LogP contribution in [0.3, 0.4) is 0 Å². The van der Waals surface area contributed by atoms with E-state index in [9.17, 15) is 9.18 Å². The predicted molar refractivity (Wildman–Crippen MR) is 156 cm³/mol. The lowest BCUT2D eigenvalue weighted by atomic mass is 10.2. The number of halogens is 1. The van der Waals surface area contributed by atoms with Crippen LogP contribution in [0.15, 0.2) is 70.9 Å². The minimum Gasteiger partial charge on any atom is -0.460 e. The molecule has 0 saturated heterocycles. The Hall–Kier alpha value is -3.43. The van der Waals surface area contributed by atoms with E-state index in [1.54, 1.807) is 30.4 Å². The number of fused-ring (bicyclic) bond motifs is 1. The Morgan fingerprint density at radius 2 is 1.82 bits per heavy atom. The van der Waals surface area contributed by atoms with Crippen molar-refractivity contribution in [2.75, 3.05) is 24.6 Å². The number of azo groups is 1. The molecule has 2 heterocycles. The van der Waals surface area contributed by atoms with Gasteiger partial charge in [0.25, 0.3) is 0 Å². The fraction of sp³-hybridized carbons (Fsp3) is 0.310. The van der Waals surface area contributed by atoms with E-state index in [2.05, 4.69) is 39.7 Å². The van der Waals surface area contributed by atoms with Gasteiger partial charge in [0.05, 0.1) is 22.6 Å². The van der Waals surface area contributed by atoms with E-state index in [1.165, 1.54) is 28.7 Å². The van der Waals surface area contributed by atoms with Gasteiger partial charge in [-0.2, -0.15) is 10.2 Å². The molecule has 0 amide bonds. The molecule has 0 spiro atoms. The maximum absolute atomic E-state index is 14.9. The van der Waals surface area contributed by atoms with Crippen LogP contribution in [0.1, 0.15) is 38.5 Å². The number of rotatable bonds is 12. The lowest BCUT2D eigenvalue weighted by molar-refractivity contribution is -0.138. The summed E-state index contributed by atoms with van der Waals surface area (Å²) in [4.78, 5) is 20.6. The third kappa shape index (κ3) is 6.90. The highest BCUT2D eigenvalue weighted by atomic mass is 32.1. The van der Waals surface area contributed by atoms with Crippen molar-refractivity contribution < 1.29 is 13.9 Å². The van der Waals surface area contributed by atoms with Crippen LogP contribution in [0, 0.1) is 5.82 Å². The molecule has 0 aliphatic carbocycles. The summed E-state index contributed by atoms with van der Waals surface area (Å²) < 4.78 is 21.3. The van der Waals surface area contributed by atoms with E-state index >= 15 is 0 Å². The second-order valence-electron chi connectivity index (χ2n) is 8.88. The minimum absolute atomic E-state index is 0.279. The number of benzene rings is 2. The molecule has 4 aromatic rings. The maximum atomic E-state index is 14.9. The first-order valence-electron chi connectivity index (χ1n) is 12.7. The Kier molecular flexibility index (Phi) is 9.36. The van der Waals surface area contributed by atoms with Crippen molar-refractivity contribution in [2.45, 2.75) is 40.0 Å². The van der Waals surface area contributed by atoms with Gasteiger partial charge >= 0.3 is 5.97 Å². The summed E-state index contributed by atoms with van der Waals surface area (Å²) in [6.45, 7) is 11.0. The van der Waals surface area contributed by atoms with Crippen LogP contribution < -0.4 is 4.90 Å². The number of ether oxygens (including phenoxy) is 1. The van der Waals surface area contributed by atoms with Gasteiger partial charge in [0.15, 0.2) is 0 Å². The van der Waals surface area contributed by atoms with Gasteiger partial charge in [-0.1, -0.05) is 19.9 Å². The highest BCUT2D eigenvalue weighted by Crippen LogP contribution is 2.37. The molecule has 9 heteroatoms. The summed E-state index contributed by atoms with van der Waals surface area (Å²) in [5, 5.41) is 9.16. The number of esters is 1. The molecular weight excluding hydrogens is 519 g/mol. The molecule has 2 aromatic heterocycles. The molecule has 0 bridgehead atoms. The fourth-order valence-electron chi connectivity index (χ4n) is 3.80. The van der Waals surface area contributed by atoms with E-state index in [0.29, 0.717) is 34.1 Å². The maximum Gasteiger partial charge on any atom is 0.333 e. The van der Waals surface area contributed by atoms with Gasteiger partial charge < -0.3 is 9.64 Å². The summed E-state index contributed by atoms with van der Waals surface area (Å²) >= 11 is 3.22. The van der Waals surface area contributed by atoms with Gasteiger partial charge in [0.1, 0.15) is 22.3 Å². The number of carbonyl (C=O) groups excluding carboxylic acids is 1. The summed E-state index contributed by atoms with van der Waals surface area (Å²) in [7, 11) is 0. The lowest BCUT2D eigenvalue weighted by Gasteiger charge is -2.22. The van der Waals surface area contributed by atoms with Gasteiger partial charge in [0.2, 0.25) is 0 Å². The van der Waals surface area contributed by atoms with Gasteiger partial charge in [0, 0.05) is 34.3 Å². The molecule has 0 fully saturated rings. The molecule has 0 radical (unpaired) electrons. The van der Waals surface area contributed by atoms with Crippen LogP contribution in [-0.4, -0.2) is 30.6 Å². The smallest absolute Gasteiger partial charge is 0.333 e. The number of hydrogen-bond acceptors (Lipinski definition) is 8. The number of aromatic nitrogens is 1. The quantitative estimate of drug-likeness (QED) is 0.100. The SMILES string of the molecule is C=C(C)C(=O)OCCN(CC)c1ccc(N=Nc2ccc(-c3nc4sc(CCCC)cc4s3)c(F)c2)cc1. The molecule has 6 nitrogen and oxygen atoms in total. The standard InChI is InChI=1S/C29H31FN4O2S2/c1-5-7-8-23-18-26-28(37-23)31-27(38-26)24-14-11-21(17-25(24)30)33-32-20-9-12-22(13-10-20)34(6-2)15-16-36-29(35)19(3)4/h9-14,17-18H,3,5-8,15-16H2,1-2,4H3. The summed E-state index contributed by atoms with van der Waals surface area (Å²) in [5.74, 6) is -0.750. The molecule has 4 rings (SSSR count). The van der Waals surface area contributed by atoms with Crippen molar-refractivity contribution in [2.24, 2.45) is 10.2 Å². The highest BCUT2D eigenvalue weighted by molar-refractivity contribution is 7.28. The monoisotopic (exact) mass is 550 g/mol. The van der Waals surface area contributed by atoms with Crippen molar-refractivity contribution in [3.8, 4) is 10.6 Å². The van der Waals surface area contributed by atoms with Crippen LogP contribution in [0.25, 0.3) is 20.1 Å². The molecule has 0 unspecified atom stereocenters. The van der Waals surface area contributed by atoms with Crippen LogP contribution in [0.5, 0.6) is 0 Å². The zero-order valence-electron chi connectivity index (χ0n) is 21.9. The second kappa shape index (κ2) is 12.9. The average molecular weight is 551 g/mol. The Morgan fingerprint density at radius 3 is 2.47 bits per heavy atom. The van der Waals surface area contributed by atoms with Crippen molar-refractivity contribution >= 4 is 55.2 Å². The number of aryl methyl sites for hydroxylation is 1. The molecular formula is C29H31FN4O2S2. The zero-order valence-corrected chi connectivity index (χ0v) is 23.5. The Morgan fingerprint density at radius 1 is 1.08 bits per heavy atom. The number of hydrogen-bond donors (Lipinski definition) is 0.